The predicted molar refractivity (Wildman–Crippen MR) is 74.3 cm³/mol. The van der Waals surface area contributed by atoms with Crippen LogP contribution in [0.1, 0.15) is 26.7 Å². The molecule has 2 bridgehead atoms. The van der Waals surface area contributed by atoms with Crippen LogP contribution in [0.25, 0.3) is 0 Å². The summed E-state index contributed by atoms with van der Waals surface area (Å²) in [4.78, 5) is 47.0. The monoisotopic (exact) mass is 328 g/mol. The molecule has 0 aromatic carbocycles. The topological polar surface area (TPSA) is 138 Å². The molecule has 23 heavy (non-hydrogen) atoms. The zero-order valence-corrected chi connectivity index (χ0v) is 12.8. The summed E-state index contributed by atoms with van der Waals surface area (Å²) in [6.07, 6.45) is 0.136. The van der Waals surface area contributed by atoms with Gasteiger partial charge < -0.3 is 20.1 Å². The van der Waals surface area contributed by atoms with Crippen molar-refractivity contribution >= 4 is 23.9 Å². The third kappa shape index (κ3) is 2.89. The highest BCUT2D eigenvalue weighted by Gasteiger charge is 2.63. The Balaban J connectivity index is 2.46. The van der Waals surface area contributed by atoms with Gasteiger partial charge in [0.1, 0.15) is 0 Å². The Morgan fingerprint density at radius 3 is 1.48 bits per heavy atom. The van der Waals surface area contributed by atoms with E-state index in [1.54, 1.807) is 13.8 Å². The van der Waals surface area contributed by atoms with Crippen molar-refractivity contribution in [2.75, 3.05) is 0 Å². The van der Waals surface area contributed by atoms with Crippen LogP contribution in [0.2, 0.25) is 0 Å². The lowest BCUT2D eigenvalue weighted by atomic mass is 9.50. The normalized spacial score (nSPS) is 35.8. The quantitative estimate of drug-likeness (QED) is 0.627. The maximum Gasteiger partial charge on any atom is 0.310 e. The van der Waals surface area contributed by atoms with Crippen molar-refractivity contribution in [3.05, 3.63) is 0 Å². The van der Waals surface area contributed by atoms with Crippen LogP contribution in [-0.2, 0) is 23.9 Å². The number of carbonyl (C=O) groups excluding carboxylic acids is 1. The van der Waals surface area contributed by atoms with Crippen molar-refractivity contribution in [3.63, 3.8) is 0 Å². The van der Waals surface area contributed by atoms with Crippen LogP contribution >= 0.6 is 0 Å². The Morgan fingerprint density at radius 2 is 1.13 bits per heavy atom. The number of carboxylic acid groups (broad SMARTS) is 3. The molecular formula is C15H20O8. The lowest BCUT2D eigenvalue weighted by molar-refractivity contribution is -0.193. The number of hydrogen-bond acceptors (Lipinski definition) is 5. The van der Waals surface area contributed by atoms with Gasteiger partial charge in [-0.05, 0) is 38.5 Å². The van der Waals surface area contributed by atoms with Gasteiger partial charge in [0.25, 0.3) is 0 Å². The van der Waals surface area contributed by atoms with E-state index in [1.165, 1.54) is 0 Å². The van der Waals surface area contributed by atoms with Crippen LogP contribution in [0.4, 0.5) is 0 Å². The molecule has 0 heterocycles. The first-order valence-corrected chi connectivity index (χ1v) is 7.55. The SMILES string of the molecule is CC(C)OC(=O)C1C2CCC(C(C(=O)O)C2C(=O)O)C1C(=O)O. The maximum atomic E-state index is 12.3. The molecule has 0 spiro atoms. The first-order chi connectivity index (χ1) is 10.7. The number of esters is 1. The van der Waals surface area contributed by atoms with Gasteiger partial charge >= 0.3 is 23.9 Å². The molecule has 8 nitrogen and oxygen atoms in total. The molecule has 3 saturated carbocycles. The van der Waals surface area contributed by atoms with Crippen molar-refractivity contribution < 1.29 is 39.2 Å². The molecule has 0 aliphatic heterocycles. The largest absolute Gasteiger partial charge is 0.481 e. The number of ether oxygens (including phenoxy) is 1. The Bertz CT molecular complexity index is 540. The van der Waals surface area contributed by atoms with Gasteiger partial charge in [-0.3, -0.25) is 19.2 Å². The number of aliphatic carboxylic acids is 3. The fourth-order valence-corrected chi connectivity index (χ4v) is 4.26. The van der Waals surface area contributed by atoms with E-state index in [2.05, 4.69) is 0 Å². The summed E-state index contributed by atoms with van der Waals surface area (Å²) in [5, 5.41) is 28.3. The minimum atomic E-state index is -1.32. The molecule has 6 unspecified atom stereocenters. The molecule has 3 aliphatic rings. The second kappa shape index (κ2) is 6.17. The van der Waals surface area contributed by atoms with Gasteiger partial charge in [-0.2, -0.15) is 0 Å². The van der Waals surface area contributed by atoms with Crippen molar-refractivity contribution in [2.24, 2.45) is 35.5 Å². The minimum absolute atomic E-state index is 0.286. The summed E-state index contributed by atoms with van der Waals surface area (Å²) in [5.74, 6) is -11.3. The van der Waals surface area contributed by atoms with E-state index in [0.29, 0.717) is 6.42 Å². The van der Waals surface area contributed by atoms with Crippen molar-refractivity contribution in [3.8, 4) is 0 Å². The molecule has 3 rings (SSSR count). The van der Waals surface area contributed by atoms with Crippen molar-refractivity contribution in [1.29, 1.82) is 0 Å². The van der Waals surface area contributed by atoms with Gasteiger partial charge in [0.2, 0.25) is 0 Å². The van der Waals surface area contributed by atoms with E-state index in [-0.39, 0.29) is 6.42 Å². The fourth-order valence-electron chi connectivity index (χ4n) is 4.26. The summed E-state index contributed by atoms with van der Waals surface area (Å²) < 4.78 is 5.10. The van der Waals surface area contributed by atoms with Gasteiger partial charge in [-0.1, -0.05) is 0 Å². The van der Waals surface area contributed by atoms with Crippen LogP contribution in [0.5, 0.6) is 0 Å². The molecule has 0 radical (unpaired) electrons. The van der Waals surface area contributed by atoms with Crippen LogP contribution in [0, 0.1) is 35.5 Å². The predicted octanol–water partition coefficient (Wildman–Crippen LogP) is 0.696. The van der Waals surface area contributed by atoms with Gasteiger partial charge in [0.15, 0.2) is 0 Å². The first-order valence-electron chi connectivity index (χ1n) is 7.55. The van der Waals surface area contributed by atoms with Crippen molar-refractivity contribution in [1.82, 2.24) is 0 Å². The lowest BCUT2D eigenvalue weighted by Crippen LogP contribution is -2.59. The van der Waals surface area contributed by atoms with E-state index < -0.39 is 65.5 Å². The highest BCUT2D eigenvalue weighted by atomic mass is 16.5. The van der Waals surface area contributed by atoms with E-state index in [1.807, 2.05) is 0 Å². The molecule has 0 aromatic rings. The first kappa shape index (κ1) is 17.2. The van der Waals surface area contributed by atoms with Gasteiger partial charge in [0.05, 0.1) is 29.8 Å². The molecule has 128 valence electrons. The van der Waals surface area contributed by atoms with Crippen LogP contribution in [0.15, 0.2) is 0 Å². The van der Waals surface area contributed by atoms with E-state index in [0.717, 1.165) is 0 Å². The Labute approximate surface area is 132 Å². The molecule has 0 amide bonds. The highest BCUT2D eigenvalue weighted by Crippen LogP contribution is 2.55. The fraction of sp³-hybridized carbons (Fsp3) is 0.733. The average Bonchev–Trinajstić information content (AvgIpc) is 2.44. The zero-order valence-electron chi connectivity index (χ0n) is 12.8. The number of carbonyl (C=O) groups is 4. The van der Waals surface area contributed by atoms with Crippen molar-refractivity contribution in [2.45, 2.75) is 32.8 Å². The van der Waals surface area contributed by atoms with Crippen LogP contribution in [-0.4, -0.2) is 45.3 Å². The molecule has 3 N–H and O–H groups in total. The Kier molecular flexibility index (Phi) is 4.63. The summed E-state index contributed by atoms with van der Waals surface area (Å²) in [6, 6.07) is 0. The number of carboxylic acids is 3. The second-order valence-corrected chi connectivity index (χ2v) is 6.51. The Morgan fingerprint density at radius 1 is 0.783 bits per heavy atom. The molecule has 3 aliphatic carbocycles. The lowest BCUT2D eigenvalue weighted by Gasteiger charge is -2.51. The number of fused-ring (bicyclic) bond motifs is 3. The maximum absolute atomic E-state index is 12.3. The molecule has 0 aromatic heterocycles. The zero-order chi connectivity index (χ0) is 17.5. The number of rotatable bonds is 5. The number of hydrogen-bond donors (Lipinski definition) is 3. The summed E-state index contributed by atoms with van der Waals surface area (Å²) in [7, 11) is 0. The summed E-state index contributed by atoms with van der Waals surface area (Å²) in [6.45, 7) is 3.23. The third-order valence-corrected chi connectivity index (χ3v) is 4.93. The molecular weight excluding hydrogens is 308 g/mol. The average molecular weight is 328 g/mol. The molecule has 6 atom stereocenters. The molecule has 3 fully saturated rings. The minimum Gasteiger partial charge on any atom is -0.481 e. The van der Waals surface area contributed by atoms with Gasteiger partial charge in [-0.25, -0.2) is 0 Å². The van der Waals surface area contributed by atoms with Gasteiger partial charge in [0, 0.05) is 0 Å². The van der Waals surface area contributed by atoms with E-state index in [4.69, 9.17) is 4.74 Å². The van der Waals surface area contributed by atoms with E-state index >= 15 is 0 Å². The van der Waals surface area contributed by atoms with Crippen LogP contribution < -0.4 is 0 Å². The summed E-state index contributed by atoms with van der Waals surface area (Å²) >= 11 is 0. The van der Waals surface area contributed by atoms with Crippen LogP contribution in [0.3, 0.4) is 0 Å². The molecule has 0 saturated heterocycles. The smallest absolute Gasteiger partial charge is 0.310 e. The van der Waals surface area contributed by atoms with E-state index in [9.17, 15) is 34.5 Å². The molecule has 8 heteroatoms. The van der Waals surface area contributed by atoms with Gasteiger partial charge in [-0.15, -0.1) is 0 Å². The second-order valence-electron chi connectivity index (χ2n) is 6.51. The summed E-state index contributed by atoms with van der Waals surface area (Å²) in [5.41, 5.74) is 0. The third-order valence-electron chi connectivity index (χ3n) is 4.93. The Hall–Kier alpha value is -2.12. The highest BCUT2D eigenvalue weighted by molar-refractivity contribution is 5.88. The standard InChI is InChI=1S/C15H20O8/c1-5(2)23-15(22)11-7-4-3-6(10(11)14(20)21)8(12(16)17)9(7)13(18)19/h5-11H,3-4H2,1-2H3,(H,16,17)(H,18,19)(H,20,21).